The third-order valence-corrected chi connectivity index (χ3v) is 7.67. The summed E-state index contributed by atoms with van der Waals surface area (Å²) in [6.07, 6.45) is -6.42. The van der Waals surface area contributed by atoms with Gasteiger partial charge in [0.05, 0.1) is 5.56 Å². The molecule has 0 aliphatic carbocycles. The number of unbranched alkanes of at least 4 members (excludes halogenated alkanes) is 2. The van der Waals surface area contributed by atoms with E-state index >= 15 is 26.3 Å². The molecule has 0 atom stereocenters. The Kier molecular flexibility index (Phi) is 10.4. The number of halogens is 11. The van der Waals surface area contributed by atoms with E-state index in [9.17, 15) is 22.0 Å². The van der Waals surface area contributed by atoms with E-state index < -0.39 is 75.6 Å². The van der Waals surface area contributed by atoms with E-state index in [4.69, 9.17) is 0 Å². The van der Waals surface area contributed by atoms with E-state index in [1.165, 1.54) is 12.1 Å². The summed E-state index contributed by atoms with van der Waals surface area (Å²) in [5.41, 5.74) is -2.99. The standard InChI is InChI=1S/C37H25F11O2/c1-2-3-4-5-20-6-12-26(27(38)14-20)23-16-29(40)34(30(41)17-23)24-18-31(42)35(32(43)19-24)36(44,45)49-25-10-7-21(8-11-25)22-9-13-33(28(39)15-22)50-37(46,47)48/h6-19H,2-5H2,1H3. The molecule has 5 rings (SSSR count). The fourth-order valence-electron chi connectivity index (χ4n) is 5.33. The lowest BCUT2D eigenvalue weighted by molar-refractivity contribution is -0.275. The van der Waals surface area contributed by atoms with Crippen molar-refractivity contribution in [2.24, 2.45) is 0 Å². The number of hydrogen-bond donors (Lipinski definition) is 0. The van der Waals surface area contributed by atoms with Gasteiger partial charge in [-0.2, -0.15) is 8.78 Å². The molecule has 13 heteroatoms. The molecule has 0 aromatic heterocycles. The molecule has 262 valence electrons. The molecule has 0 amide bonds. The number of aryl methyl sites for hydroxylation is 1. The van der Waals surface area contributed by atoms with Gasteiger partial charge in [-0.05, 0) is 95.3 Å². The summed E-state index contributed by atoms with van der Waals surface area (Å²) in [4.78, 5) is 0. The van der Waals surface area contributed by atoms with Gasteiger partial charge in [0.2, 0.25) is 0 Å². The highest BCUT2D eigenvalue weighted by Crippen LogP contribution is 2.40. The first-order valence-corrected chi connectivity index (χ1v) is 15.1. The Morgan fingerprint density at radius 2 is 1.10 bits per heavy atom. The van der Waals surface area contributed by atoms with Crippen LogP contribution in [0.15, 0.2) is 84.9 Å². The molecule has 0 spiro atoms. The second-order valence-electron chi connectivity index (χ2n) is 11.2. The number of ether oxygens (including phenoxy) is 2. The van der Waals surface area contributed by atoms with Gasteiger partial charge >= 0.3 is 12.5 Å². The fourth-order valence-corrected chi connectivity index (χ4v) is 5.33. The van der Waals surface area contributed by atoms with Gasteiger partial charge in [-0.3, -0.25) is 0 Å². The molecule has 2 nitrogen and oxygen atoms in total. The maximum absolute atomic E-state index is 15.2. The number of hydrogen-bond acceptors (Lipinski definition) is 2. The van der Waals surface area contributed by atoms with Gasteiger partial charge in [0.15, 0.2) is 11.6 Å². The molecule has 5 aromatic rings. The van der Waals surface area contributed by atoms with Crippen molar-refractivity contribution < 1.29 is 57.8 Å². The van der Waals surface area contributed by atoms with Crippen molar-refractivity contribution in [2.75, 3.05) is 0 Å². The van der Waals surface area contributed by atoms with Crippen LogP contribution in [0.3, 0.4) is 0 Å². The molecule has 0 bridgehead atoms. The Morgan fingerprint density at radius 1 is 0.520 bits per heavy atom. The Morgan fingerprint density at radius 3 is 1.66 bits per heavy atom. The molecule has 0 saturated carbocycles. The third kappa shape index (κ3) is 8.20. The SMILES string of the molecule is CCCCCc1ccc(-c2cc(F)c(-c3cc(F)c(C(F)(F)Oc4ccc(-c5ccc(OC(F)(F)F)c(F)c5)cc4)c(F)c3)c(F)c2)c(F)c1. The van der Waals surface area contributed by atoms with E-state index in [0.717, 1.165) is 61.7 Å². The highest BCUT2D eigenvalue weighted by Gasteiger charge is 2.41. The molecule has 0 aliphatic heterocycles. The summed E-state index contributed by atoms with van der Waals surface area (Å²) < 4.78 is 165. The summed E-state index contributed by atoms with van der Waals surface area (Å²) >= 11 is 0. The van der Waals surface area contributed by atoms with Crippen molar-refractivity contribution in [3.8, 4) is 44.9 Å². The molecule has 0 saturated heterocycles. The number of rotatable bonds is 11. The molecule has 0 heterocycles. The van der Waals surface area contributed by atoms with E-state index in [2.05, 4.69) is 9.47 Å². The summed E-state index contributed by atoms with van der Waals surface area (Å²) in [6.45, 7) is 2.02. The van der Waals surface area contributed by atoms with Crippen LogP contribution in [0.4, 0.5) is 48.3 Å². The maximum atomic E-state index is 15.2. The van der Waals surface area contributed by atoms with Crippen LogP contribution >= 0.6 is 0 Å². The molecule has 0 aliphatic rings. The van der Waals surface area contributed by atoms with Crippen molar-refractivity contribution in [1.29, 1.82) is 0 Å². The molecule has 5 aromatic carbocycles. The van der Waals surface area contributed by atoms with Gasteiger partial charge in [-0.1, -0.05) is 50.1 Å². The molecular weight excluding hydrogens is 685 g/mol. The predicted molar refractivity (Wildman–Crippen MR) is 163 cm³/mol. The molecule has 0 unspecified atom stereocenters. The van der Waals surface area contributed by atoms with Crippen molar-refractivity contribution in [3.63, 3.8) is 0 Å². The van der Waals surface area contributed by atoms with Crippen LogP contribution < -0.4 is 9.47 Å². The second kappa shape index (κ2) is 14.4. The average molecular weight is 711 g/mol. The quantitative estimate of drug-likeness (QED) is 0.100. The number of benzene rings is 5. The van der Waals surface area contributed by atoms with Crippen molar-refractivity contribution in [3.05, 3.63) is 131 Å². The summed E-state index contributed by atoms with van der Waals surface area (Å²) in [6, 6.07) is 13.0. The Bertz CT molecular complexity index is 1960. The lowest BCUT2D eigenvalue weighted by atomic mass is 9.96. The smallest absolute Gasteiger partial charge is 0.429 e. The van der Waals surface area contributed by atoms with Crippen LogP contribution in [0, 0.1) is 34.9 Å². The summed E-state index contributed by atoms with van der Waals surface area (Å²) in [5.74, 6) is -10.2. The number of alkyl halides is 5. The van der Waals surface area contributed by atoms with E-state index in [1.54, 1.807) is 6.07 Å². The Balaban J connectivity index is 1.35. The molecular formula is C37H25F11O2. The molecule has 0 radical (unpaired) electrons. The largest absolute Gasteiger partial charge is 0.573 e. The van der Waals surface area contributed by atoms with Crippen LogP contribution in [-0.2, 0) is 12.5 Å². The normalized spacial score (nSPS) is 11.9. The zero-order valence-corrected chi connectivity index (χ0v) is 25.9. The first kappa shape index (κ1) is 36.2. The zero-order valence-electron chi connectivity index (χ0n) is 25.9. The van der Waals surface area contributed by atoms with Gasteiger partial charge in [-0.25, -0.2) is 26.3 Å². The third-order valence-electron chi connectivity index (χ3n) is 7.67. The van der Waals surface area contributed by atoms with E-state index in [1.807, 2.05) is 6.92 Å². The topological polar surface area (TPSA) is 18.5 Å². The minimum absolute atomic E-state index is 0.0383. The van der Waals surface area contributed by atoms with Crippen molar-refractivity contribution in [2.45, 2.75) is 45.1 Å². The van der Waals surface area contributed by atoms with Crippen molar-refractivity contribution in [1.82, 2.24) is 0 Å². The first-order valence-electron chi connectivity index (χ1n) is 15.1. The molecule has 0 fully saturated rings. The van der Waals surface area contributed by atoms with Crippen LogP contribution in [0.1, 0.15) is 37.3 Å². The summed E-state index contributed by atoms with van der Waals surface area (Å²) in [7, 11) is 0. The highest BCUT2D eigenvalue weighted by molar-refractivity contribution is 5.73. The van der Waals surface area contributed by atoms with Gasteiger partial charge in [0, 0.05) is 5.56 Å². The zero-order chi connectivity index (χ0) is 36.4. The predicted octanol–water partition coefficient (Wildman–Crippen LogP) is 12.3. The minimum atomic E-state index is -5.13. The van der Waals surface area contributed by atoms with Gasteiger partial charge in [0.1, 0.15) is 40.4 Å². The van der Waals surface area contributed by atoms with Gasteiger partial charge in [-0.15, -0.1) is 13.2 Å². The maximum Gasteiger partial charge on any atom is 0.573 e. The van der Waals surface area contributed by atoms with E-state index in [-0.39, 0.29) is 22.3 Å². The van der Waals surface area contributed by atoms with Crippen molar-refractivity contribution >= 4 is 0 Å². The van der Waals surface area contributed by atoms with E-state index in [0.29, 0.717) is 36.2 Å². The highest BCUT2D eigenvalue weighted by atomic mass is 19.4. The van der Waals surface area contributed by atoms with Crippen LogP contribution in [0.2, 0.25) is 0 Å². The Labute approximate surface area is 278 Å². The fraction of sp³-hybridized carbons (Fsp3) is 0.189. The lowest BCUT2D eigenvalue weighted by Crippen LogP contribution is -2.25. The first-order chi connectivity index (χ1) is 23.6. The molecule has 0 N–H and O–H groups in total. The minimum Gasteiger partial charge on any atom is -0.429 e. The van der Waals surface area contributed by atoms with Crippen LogP contribution in [0.5, 0.6) is 11.5 Å². The lowest BCUT2D eigenvalue weighted by Gasteiger charge is -2.20. The monoisotopic (exact) mass is 710 g/mol. The average Bonchev–Trinajstić information content (AvgIpc) is 3.01. The van der Waals surface area contributed by atoms with Crippen LogP contribution in [-0.4, -0.2) is 6.36 Å². The second-order valence-corrected chi connectivity index (χ2v) is 11.2. The summed E-state index contributed by atoms with van der Waals surface area (Å²) in [5, 5.41) is 0. The molecule has 50 heavy (non-hydrogen) atoms. The van der Waals surface area contributed by atoms with Gasteiger partial charge in [0.25, 0.3) is 0 Å². The van der Waals surface area contributed by atoms with Gasteiger partial charge < -0.3 is 9.47 Å². The Hall–Kier alpha value is -5.07. The van der Waals surface area contributed by atoms with Crippen LogP contribution in [0.25, 0.3) is 33.4 Å².